The Kier molecular flexibility index (Phi) is 36.9. The van der Waals surface area contributed by atoms with Crippen LogP contribution < -0.4 is 5.32 Å². The maximum atomic E-state index is 12.2. The van der Waals surface area contributed by atoms with Crippen molar-refractivity contribution in [1.29, 1.82) is 0 Å². The molecule has 0 aliphatic heterocycles. The summed E-state index contributed by atoms with van der Waals surface area (Å²) in [6.07, 6.45) is 49.9. The Balaban J connectivity index is 3.56. The van der Waals surface area contributed by atoms with Crippen molar-refractivity contribution in [1.82, 2.24) is 5.32 Å². The average Bonchev–Trinajstić information content (AvgIpc) is 3.06. The Labute approximate surface area is 287 Å². The summed E-state index contributed by atoms with van der Waals surface area (Å²) in [6.45, 7) is 4.24. The van der Waals surface area contributed by atoms with Crippen LogP contribution in [0.1, 0.15) is 206 Å². The lowest BCUT2D eigenvalue weighted by Gasteiger charge is -2.19. The van der Waals surface area contributed by atoms with Crippen LogP contribution in [0.5, 0.6) is 0 Å². The molecule has 0 aromatic carbocycles. The van der Waals surface area contributed by atoms with E-state index in [1.165, 1.54) is 148 Å². The number of unbranched alkanes of at least 4 members (excludes halogenated alkanes) is 25. The van der Waals surface area contributed by atoms with Crippen LogP contribution in [0, 0.1) is 0 Å². The van der Waals surface area contributed by atoms with Crippen molar-refractivity contribution in [3.8, 4) is 0 Å². The van der Waals surface area contributed by atoms with Crippen LogP contribution in [0.2, 0.25) is 0 Å². The third-order valence-corrected chi connectivity index (χ3v) is 9.10. The standard InChI is InChI=1S/C42H79NO3/c1-3-5-7-9-11-12-13-14-15-16-17-18-19-20-21-22-23-24-25-26-27-28-29-30-32-33-35-37-41(45)40(39-44)43-42(46)38-36-34-31-10-8-6-4-2/h25-26,29-30,35,37,40-41,44-45H,3-24,27-28,31-34,36,38-39H2,1-2H3,(H,43,46)/b26-25+,30-29+,37-35+. The fourth-order valence-electron chi connectivity index (χ4n) is 5.97. The zero-order valence-corrected chi connectivity index (χ0v) is 30.8. The minimum absolute atomic E-state index is 0.0859. The van der Waals surface area contributed by atoms with E-state index in [9.17, 15) is 15.0 Å². The minimum Gasteiger partial charge on any atom is -0.394 e. The molecule has 0 fully saturated rings. The number of hydrogen-bond acceptors (Lipinski definition) is 3. The molecule has 0 aromatic heterocycles. The number of amides is 1. The second-order valence-electron chi connectivity index (χ2n) is 13.7. The molecular weight excluding hydrogens is 566 g/mol. The third-order valence-electron chi connectivity index (χ3n) is 9.10. The third kappa shape index (κ3) is 34.0. The number of carbonyl (C=O) groups excluding carboxylic acids is 1. The van der Waals surface area contributed by atoms with Gasteiger partial charge in [0.05, 0.1) is 18.8 Å². The van der Waals surface area contributed by atoms with E-state index >= 15 is 0 Å². The number of allylic oxidation sites excluding steroid dienone is 5. The quantitative estimate of drug-likeness (QED) is 0.0469. The van der Waals surface area contributed by atoms with E-state index < -0.39 is 12.1 Å². The van der Waals surface area contributed by atoms with Crippen molar-refractivity contribution >= 4 is 5.91 Å². The van der Waals surface area contributed by atoms with Gasteiger partial charge in [0.2, 0.25) is 5.91 Å². The largest absolute Gasteiger partial charge is 0.394 e. The predicted molar refractivity (Wildman–Crippen MR) is 202 cm³/mol. The molecule has 0 aliphatic rings. The average molecular weight is 646 g/mol. The number of nitrogens with one attached hydrogen (secondary N) is 1. The number of rotatable bonds is 36. The van der Waals surface area contributed by atoms with E-state index in [1.54, 1.807) is 6.08 Å². The summed E-state index contributed by atoms with van der Waals surface area (Å²) >= 11 is 0. The summed E-state index contributed by atoms with van der Waals surface area (Å²) in [5.41, 5.74) is 0. The highest BCUT2D eigenvalue weighted by atomic mass is 16.3. The maximum absolute atomic E-state index is 12.2. The summed E-state index contributed by atoms with van der Waals surface area (Å²) in [5, 5.41) is 22.8. The van der Waals surface area contributed by atoms with Crippen LogP contribution in [0.3, 0.4) is 0 Å². The molecule has 0 saturated carbocycles. The van der Waals surface area contributed by atoms with Crippen LogP contribution in [0.25, 0.3) is 0 Å². The Bertz CT molecular complexity index is 701. The first-order valence-electron chi connectivity index (χ1n) is 20.2. The molecule has 0 radical (unpaired) electrons. The Hall–Kier alpha value is -1.39. The van der Waals surface area contributed by atoms with Gasteiger partial charge in [-0.3, -0.25) is 4.79 Å². The molecule has 0 spiro atoms. The first-order valence-corrected chi connectivity index (χ1v) is 20.2. The van der Waals surface area contributed by atoms with Gasteiger partial charge in [-0.15, -0.1) is 0 Å². The topological polar surface area (TPSA) is 69.6 Å². The van der Waals surface area contributed by atoms with Gasteiger partial charge in [-0.2, -0.15) is 0 Å². The van der Waals surface area contributed by atoms with Gasteiger partial charge in [0.25, 0.3) is 0 Å². The maximum Gasteiger partial charge on any atom is 0.220 e. The molecule has 270 valence electrons. The van der Waals surface area contributed by atoms with Gasteiger partial charge in [0.15, 0.2) is 0 Å². The highest BCUT2D eigenvalue weighted by molar-refractivity contribution is 5.76. The van der Waals surface area contributed by atoms with Crippen molar-refractivity contribution in [2.75, 3.05) is 6.61 Å². The molecule has 3 N–H and O–H groups in total. The molecule has 46 heavy (non-hydrogen) atoms. The first-order chi connectivity index (χ1) is 22.7. The number of carbonyl (C=O) groups is 1. The lowest BCUT2D eigenvalue weighted by atomic mass is 10.0. The van der Waals surface area contributed by atoms with Gasteiger partial charge in [-0.1, -0.05) is 192 Å². The van der Waals surface area contributed by atoms with Gasteiger partial charge >= 0.3 is 0 Å². The lowest BCUT2D eigenvalue weighted by Crippen LogP contribution is -2.45. The van der Waals surface area contributed by atoms with Crippen LogP contribution in [0.15, 0.2) is 36.5 Å². The normalized spacial score (nSPS) is 13.4. The first kappa shape index (κ1) is 44.6. The van der Waals surface area contributed by atoms with Crippen molar-refractivity contribution in [3.05, 3.63) is 36.5 Å². The van der Waals surface area contributed by atoms with E-state index in [4.69, 9.17) is 0 Å². The fraction of sp³-hybridized carbons (Fsp3) is 0.833. The summed E-state index contributed by atoms with van der Waals surface area (Å²) in [4.78, 5) is 12.2. The number of hydrogen-bond donors (Lipinski definition) is 3. The molecule has 0 rings (SSSR count). The molecule has 0 saturated heterocycles. The molecule has 2 unspecified atom stereocenters. The smallest absolute Gasteiger partial charge is 0.220 e. The summed E-state index contributed by atoms with van der Waals surface area (Å²) in [6, 6.07) is -0.639. The van der Waals surface area contributed by atoms with E-state index in [0.29, 0.717) is 6.42 Å². The molecule has 0 aliphatic carbocycles. The fourth-order valence-corrected chi connectivity index (χ4v) is 5.97. The lowest BCUT2D eigenvalue weighted by molar-refractivity contribution is -0.123. The zero-order valence-electron chi connectivity index (χ0n) is 30.8. The highest BCUT2D eigenvalue weighted by Gasteiger charge is 2.17. The summed E-state index contributed by atoms with van der Waals surface area (Å²) < 4.78 is 0. The van der Waals surface area contributed by atoms with E-state index in [0.717, 1.165) is 38.5 Å². The van der Waals surface area contributed by atoms with E-state index in [2.05, 4.69) is 43.5 Å². The number of aliphatic hydroxyl groups is 2. The van der Waals surface area contributed by atoms with Crippen LogP contribution >= 0.6 is 0 Å². The van der Waals surface area contributed by atoms with Gasteiger partial charge in [0.1, 0.15) is 0 Å². The minimum atomic E-state index is -0.865. The second kappa shape index (κ2) is 38.1. The van der Waals surface area contributed by atoms with E-state index in [-0.39, 0.29) is 12.5 Å². The SMILES string of the molecule is CCCCCCCCCCCCCCCCCCC/C=C/CC/C=C/CC/C=C/C(O)C(CO)NC(=O)CCCCCCCCC. The van der Waals surface area contributed by atoms with Gasteiger partial charge in [0, 0.05) is 6.42 Å². The Morgan fingerprint density at radius 2 is 0.848 bits per heavy atom. The monoisotopic (exact) mass is 646 g/mol. The van der Waals surface area contributed by atoms with Crippen molar-refractivity contribution in [2.45, 2.75) is 219 Å². The van der Waals surface area contributed by atoms with Gasteiger partial charge < -0.3 is 15.5 Å². The molecule has 0 bridgehead atoms. The van der Waals surface area contributed by atoms with Crippen LogP contribution in [-0.4, -0.2) is 34.9 Å². The van der Waals surface area contributed by atoms with Crippen molar-refractivity contribution in [3.63, 3.8) is 0 Å². The predicted octanol–water partition coefficient (Wildman–Crippen LogP) is 12.2. The molecule has 2 atom stereocenters. The molecular formula is C42H79NO3. The van der Waals surface area contributed by atoms with Crippen LogP contribution in [-0.2, 0) is 4.79 Å². The van der Waals surface area contributed by atoms with Crippen LogP contribution in [0.4, 0.5) is 0 Å². The van der Waals surface area contributed by atoms with Crippen molar-refractivity contribution < 1.29 is 15.0 Å². The highest BCUT2D eigenvalue weighted by Crippen LogP contribution is 2.15. The molecule has 0 heterocycles. The summed E-state index contributed by atoms with van der Waals surface area (Å²) in [5.74, 6) is -0.0859. The molecule has 4 heteroatoms. The molecule has 0 aromatic rings. The Morgan fingerprint density at radius 3 is 1.26 bits per heavy atom. The zero-order chi connectivity index (χ0) is 33.6. The second-order valence-corrected chi connectivity index (χ2v) is 13.7. The summed E-state index contributed by atoms with van der Waals surface area (Å²) in [7, 11) is 0. The van der Waals surface area contributed by atoms with Gasteiger partial charge in [-0.05, 0) is 44.9 Å². The van der Waals surface area contributed by atoms with E-state index in [1.807, 2.05) is 6.08 Å². The molecule has 4 nitrogen and oxygen atoms in total. The Morgan fingerprint density at radius 1 is 0.500 bits per heavy atom. The number of aliphatic hydroxyl groups excluding tert-OH is 2. The van der Waals surface area contributed by atoms with Gasteiger partial charge in [-0.25, -0.2) is 0 Å². The van der Waals surface area contributed by atoms with Crippen molar-refractivity contribution in [2.24, 2.45) is 0 Å². The molecule has 1 amide bonds.